The molecule has 0 saturated heterocycles. The third-order valence-electron chi connectivity index (χ3n) is 3.38. The van der Waals surface area contributed by atoms with Crippen LogP contribution in [0.15, 0.2) is 47.3 Å². The van der Waals surface area contributed by atoms with Gasteiger partial charge in [-0.15, -0.1) is 0 Å². The molecule has 2 aromatic heterocycles. The Morgan fingerprint density at radius 1 is 1.26 bits per heavy atom. The van der Waals surface area contributed by atoms with Gasteiger partial charge in [0.1, 0.15) is 0 Å². The third kappa shape index (κ3) is 2.57. The molecule has 1 unspecified atom stereocenters. The SMILES string of the molecule is CC(N)Cc1cccc2c1ccn2Cc1ccsc1. The summed E-state index contributed by atoms with van der Waals surface area (Å²) in [5.74, 6) is 0. The van der Waals surface area contributed by atoms with Crippen LogP contribution in [0, 0.1) is 0 Å². The molecule has 0 aliphatic rings. The van der Waals surface area contributed by atoms with E-state index in [-0.39, 0.29) is 6.04 Å². The van der Waals surface area contributed by atoms with Crippen LogP contribution in [0.3, 0.4) is 0 Å². The highest BCUT2D eigenvalue weighted by molar-refractivity contribution is 7.07. The predicted molar refractivity (Wildman–Crippen MR) is 82.7 cm³/mol. The number of aromatic nitrogens is 1. The molecule has 98 valence electrons. The van der Waals surface area contributed by atoms with Gasteiger partial charge in [0.2, 0.25) is 0 Å². The molecule has 0 aliphatic carbocycles. The number of hydrogen-bond donors (Lipinski definition) is 1. The van der Waals surface area contributed by atoms with Gasteiger partial charge in [0.15, 0.2) is 0 Å². The fourth-order valence-electron chi connectivity index (χ4n) is 2.53. The summed E-state index contributed by atoms with van der Waals surface area (Å²) in [6, 6.07) is 11.1. The Morgan fingerprint density at radius 2 is 2.16 bits per heavy atom. The molecule has 0 radical (unpaired) electrons. The van der Waals surface area contributed by atoms with Crippen molar-refractivity contribution in [3.05, 3.63) is 58.4 Å². The second-order valence-corrected chi connectivity index (χ2v) is 5.89. The lowest BCUT2D eigenvalue weighted by Gasteiger charge is -2.08. The first kappa shape index (κ1) is 12.5. The molecule has 2 heterocycles. The third-order valence-corrected chi connectivity index (χ3v) is 4.11. The Hall–Kier alpha value is -1.58. The predicted octanol–water partition coefficient (Wildman–Crippen LogP) is 3.64. The highest BCUT2D eigenvalue weighted by atomic mass is 32.1. The van der Waals surface area contributed by atoms with Crippen molar-refractivity contribution in [2.24, 2.45) is 5.73 Å². The molecular weight excluding hydrogens is 252 g/mol. The molecule has 0 aliphatic heterocycles. The van der Waals surface area contributed by atoms with Crippen molar-refractivity contribution in [3.8, 4) is 0 Å². The van der Waals surface area contributed by atoms with Crippen LogP contribution in [0.25, 0.3) is 10.9 Å². The molecule has 1 atom stereocenters. The monoisotopic (exact) mass is 270 g/mol. The summed E-state index contributed by atoms with van der Waals surface area (Å²) in [6.45, 7) is 3.00. The number of thiophene rings is 1. The minimum absolute atomic E-state index is 0.200. The second kappa shape index (κ2) is 5.19. The summed E-state index contributed by atoms with van der Waals surface area (Å²) in [7, 11) is 0. The summed E-state index contributed by atoms with van der Waals surface area (Å²) in [6.07, 6.45) is 3.10. The molecule has 0 fully saturated rings. The van der Waals surface area contributed by atoms with E-state index in [0.717, 1.165) is 13.0 Å². The van der Waals surface area contributed by atoms with Crippen LogP contribution < -0.4 is 5.73 Å². The molecule has 3 rings (SSSR count). The van der Waals surface area contributed by atoms with Crippen LogP contribution in [0.5, 0.6) is 0 Å². The quantitative estimate of drug-likeness (QED) is 0.771. The Morgan fingerprint density at radius 3 is 2.89 bits per heavy atom. The van der Waals surface area contributed by atoms with Crippen LogP contribution in [0.1, 0.15) is 18.1 Å². The van der Waals surface area contributed by atoms with E-state index in [0.29, 0.717) is 0 Å². The molecular formula is C16H18N2S. The van der Waals surface area contributed by atoms with Crippen LogP contribution in [0.2, 0.25) is 0 Å². The van der Waals surface area contributed by atoms with Crippen LogP contribution in [-0.2, 0) is 13.0 Å². The molecule has 0 saturated carbocycles. The van der Waals surface area contributed by atoms with Crippen molar-refractivity contribution >= 4 is 22.2 Å². The first-order chi connectivity index (χ1) is 9.24. The normalized spacial score (nSPS) is 12.9. The van der Waals surface area contributed by atoms with Gasteiger partial charge in [-0.3, -0.25) is 0 Å². The number of benzene rings is 1. The summed E-state index contributed by atoms with van der Waals surface area (Å²) in [5.41, 5.74) is 9.93. The van der Waals surface area contributed by atoms with E-state index in [9.17, 15) is 0 Å². The molecule has 0 spiro atoms. The van der Waals surface area contributed by atoms with Gasteiger partial charge < -0.3 is 10.3 Å². The topological polar surface area (TPSA) is 30.9 Å². The summed E-state index contributed by atoms with van der Waals surface area (Å²) < 4.78 is 2.31. The Bertz CT molecular complexity index is 665. The molecule has 3 aromatic rings. The number of fused-ring (bicyclic) bond motifs is 1. The highest BCUT2D eigenvalue weighted by Gasteiger charge is 2.07. The summed E-state index contributed by atoms with van der Waals surface area (Å²) in [5, 5.41) is 5.66. The van der Waals surface area contributed by atoms with E-state index >= 15 is 0 Å². The van der Waals surface area contributed by atoms with Gasteiger partial charge in [0, 0.05) is 29.7 Å². The maximum atomic E-state index is 5.93. The summed E-state index contributed by atoms with van der Waals surface area (Å²) >= 11 is 1.75. The van der Waals surface area contributed by atoms with Gasteiger partial charge in [-0.05, 0) is 53.4 Å². The molecule has 1 aromatic carbocycles. The molecule has 2 N–H and O–H groups in total. The van der Waals surface area contributed by atoms with E-state index in [4.69, 9.17) is 5.73 Å². The molecule has 0 bridgehead atoms. The number of rotatable bonds is 4. The molecule has 0 amide bonds. The maximum Gasteiger partial charge on any atom is 0.0486 e. The van der Waals surface area contributed by atoms with Crippen LogP contribution in [-0.4, -0.2) is 10.6 Å². The minimum atomic E-state index is 0.200. The van der Waals surface area contributed by atoms with Crippen molar-refractivity contribution in [1.82, 2.24) is 4.57 Å². The van der Waals surface area contributed by atoms with Crippen molar-refractivity contribution < 1.29 is 0 Å². The summed E-state index contributed by atoms with van der Waals surface area (Å²) in [4.78, 5) is 0. The highest BCUT2D eigenvalue weighted by Crippen LogP contribution is 2.22. The lowest BCUT2D eigenvalue weighted by Crippen LogP contribution is -2.17. The van der Waals surface area contributed by atoms with Crippen molar-refractivity contribution in [2.75, 3.05) is 0 Å². The van der Waals surface area contributed by atoms with Crippen LogP contribution >= 0.6 is 11.3 Å². The Balaban J connectivity index is 1.99. The van der Waals surface area contributed by atoms with Gasteiger partial charge in [0.25, 0.3) is 0 Å². The van der Waals surface area contributed by atoms with Gasteiger partial charge in [-0.2, -0.15) is 11.3 Å². The van der Waals surface area contributed by atoms with E-state index in [1.165, 1.54) is 22.0 Å². The van der Waals surface area contributed by atoms with Gasteiger partial charge in [0.05, 0.1) is 0 Å². The zero-order valence-electron chi connectivity index (χ0n) is 11.0. The first-order valence-electron chi connectivity index (χ1n) is 6.57. The maximum absolute atomic E-state index is 5.93. The lowest BCUT2D eigenvalue weighted by molar-refractivity contribution is 0.741. The fourth-order valence-corrected chi connectivity index (χ4v) is 3.19. The lowest BCUT2D eigenvalue weighted by atomic mass is 10.0. The number of nitrogens with zero attached hydrogens (tertiary/aromatic N) is 1. The van der Waals surface area contributed by atoms with Crippen molar-refractivity contribution in [1.29, 1.82) is 0 Å². The Labute approximate surface area is 117 Å². The molecule has 3 heteroatoms. The van der Waals surface area contributed by atoms with Gasteiger partial charge in [-0.1, -0.05) is 12.1 Å². The second-order valence-electron chi connectivity index (χ2n) is 5.11. The van der Waals surface area contributed by atoms with Gasteiger partial charge >= 0.3 is 0 Å². The zero-order chi connectivity index (χ0) is 13.2. The van der Waals surface area contributed by atoms with E-state index < -0.39 is 0 Å². The fraction of sp³-hybridized carbons (Fsp3) is 0.250. The van der Waals surface area contributed by atoms with Crippen LogP contribution in [0.4, 0.5) is 0 Å². The average Bonchev–Trinajstić information content (AvgIpc) is 3.00. The molecule has 19 heavy (non-hydrogen) atoms. The van der Waals surface area contributed by atoms with E-state index in [2.05, 4.69) is 58.8 Å². The average molecular weight is 270 g/mol. The number of hydrogen-bond acceptors (Lipinski definition) is 2. The molecule has 2 nitrogen and oxygen atoms in total. The van der Waals surface area contributed by atoms with Gasteiger partial charge in [-0.25, -0.2) is 0 Å². The van der Waals surface area contributed by atoms with E-state index in [1.807, 2.05) is 0 Å². The van der Waals surface area contributed by atoms with Crippen molar-refractivity contribution in [3.63, 3.8) is 0 Å². The first-order valence-corrected chi connectivity index (χ1v) is 7.51. The van der Waals surface area contributed by atoms with E-state index in [1.54, 1.807) is 11.3 Å². The minimum Gasteiger partial charge on any atom is -0.343 e. The van der Waals surface area contributed by atoms with Crippen molar-refractivity contribution in [2.45, 2.75) is 25.9 Å². The smallest absolute Gasteiger partial charge is 0.0486 e. The largest absolute Gasteiger partial charge is 0.343 e. The Kier molecular flexibility index (Phi) is 3.40. The standard InChI is InChI=1S/C16H18N2S/c1-12(17)9-14-3-2-4-16-15(14)5-7-18(16)10-13-6-8-19-11-13/h2-8,11-12H,9-10,17H2,1H3. The number of nitrogens with two attached hydrogens (primary N) is 1. The zero-order valence-corrected chi connectivity index (χ0v) is 11.9.